The van der Waals surface area contributed by atoms with Gasteiger partial charge in [0.15, 0.2) is 0 Å². The van der Waals surface area contributed by atoms with E-state index in [1.54, 1.807) is 6.33 Å². The van der Waals surface area contributed by atoms with Crippen LogP contribution in [0.15, 0.2) is 12.4 Å². The molecule has 0 unspecified atom stereocenters. The molecule has 1 heterocycles. The fourth-order valence-corrected chi connectivity index (χ4v) is 2.21. The van der Waals surface area contributed by atoms with E-state index in [4.69, 9.17) is 4.74 Å². The predicted octanol–water partition coefficient (Wildman–Crippen LogP) is 3.26. The van der Waals surface area contributed by atoms with Crippen molar-refractivity contribution in [3.05, 3.63) is 12.4 Å². The van der Waals surface area contributed by atoms with E-state index in [9.17, 15) is 0 Å². The summed E-state index contributed by atoms with van der Waals surface area (Å²) in [4.78, 5) is 8.39. The van der Waals surface area contributed by atoms with Crippen LogP contribution in [-0.2, 0) is 0 Å². The average molecular weight is 249 g/mol. The van der Waals surface area contributed by atoms with Crippen LogP contribution in [0.25, 0.3) is 0 Å². The van der Waals surface area contributed by atoms with Gasteiger partial charge in [-0.25, -0.2) is 9.97 Å². The van der Waals surface area contributed by atoms with Crippen LogP contribution in [0, 0.1) is 5.92 Å². The lowest BCUT2D eigenvalue weighted by Crippen LogP contribution is -2.22. The van der Waals surface area contributed by atoms with Crippen molar-refractivity contribution in [1.82, 2.24) is 9.97 Å². The molecule has 1 aromatic rings. The molecule has 0 aliphatic heterocycles. The summed E-state index contributed by atoms with van der Waals surface area (Å²) < 4.78 is 5.61. The summed E-state index contributed by atoms with van der Waals surface area (Å²) in [5, 5.41) is 3.48. The van der Waals surface area contributed by atoms with Crippen LogP contribution in [-0.4, -0.2) is 22.6 Å². The molecule has 0 saturated heterocycles. The first-order valence-electron chi connectivity index (χ1n) is 6.95. The molecule has 1 aliphatic carbocycles. The Bertz CT molecular complexity index is 362. The largest absolute Gasteiger partial charge is 0.477 e. The zero-order chi connectivity index (χ0) is 12.8. The van der Waals surface area contributed by atoms with Gasteiger partial charge in [-0.1, -0.05) is 33.1 Å². The van der Waals surface area contributed by atoms with Gasteiger partial charge in [0.2, 0.25) is 5.88 Å². The number of nitrogens with zero attached hydrogens (tertiary/aromatic N) is 2. The van der Waals surface area contributed by atoms with Crippen LogP contribution in [0.2, 0.25) is 0 Å². The Morgan fingerprint density at radius 3 is 2.78 bits per heavy atom. The summed E-state index contributed by atoms with van der Waals surface area (Å²) in [6, 6.07) is 2.46. The number of nitrogens with one attached hydrogen (secondary N) is 1. The van der Waals surface area contributed by atoms with Crippen molar-refractivity contribution < 1.29 is 4.74 Å². The highest BCUT2D eigenvalue weighted by molar-refractivity contribution is 5.38. The number of hydrogen-bond donors (Lipinski definition) is 1. The minimum absolute atomic E-state index is 0.509. The summed E-state index contributed by atoms with van der Waals surface area (Å²) in [5.41, 5.74) is 0. The van der Waals surface area contributed by atoms with Crippen LogP contribution in [0.5, 0.6) is 5.88 Å². The summed E-state index contributed by atoms with van der Waals surface area (Å²) in [6.45, 7) is 4.95. The van der Waals surface area contributed by atoms with Gasteiger partial charge in [0.25, 0.3) is 0 Å². The Labute approximate surface area is 109 Å². The molecule has 18 heavy (non-hydrogen) atoms. The topological polar surface area (TPSA) is 47.0 Å². The molecule has 2 rings (SSSR count). The fourth-order valence-electron chi connectivity index (χ4n) is 2.21. The normalized spacial score (nSPS) is 16.8. The molecule has 0 aromatic carbocycles. The van der Waals surface area contributed by atoms with E-state index in [2.05, 4.69) is 29.1 Å². The molecule has 0 radical (unpaired) electrons. The lowest BCUT2D eigenvalue weighted by Gasteiger charge is -2.23. The molecule has 0 bridgehead atoms. The molecule has 1 aromatic heterocycles. The van der Waals surface area contributed by atoms with Gasteiger partial charge in [0.1, 0.15) is 12.1 Å². The van der Waals surface area contributed by atoms with Gasteiger partial charge in [0.05, 0.1) is 6.61 Å². The first-order chi connectivity index (χ1) is 8.74. The van der Waals surface area contributed by atoms with Crippen LogP contribution in [0.4, 0.5) is 5.82 Å². The third-order valence-corrected chi connectivity index (χ3v) is 3.16. The maximum Gasteiger partial charge on any atom is 0.218 e. The Hall–Kier alpha value is -1.32. The zero-order valence-electron chi connectivity index (χ0n) is 11.4. The SMILES string of the molecule is CC(C)COc1cc(NC2CCCCC2)ncn1. The molecule has 1 N–H and O–H groups in total. The maximum atomic E-state index is 5.61. The van der Waals surface area contributed by atoms with Gasteiger partial charge in [-0.15, -0.1) is 0 Å². The highest BCUT2D eigenvalue weighted by atomic mass is 16.5. The quantitative estimate of drug-likeness (QED) is 0.870. The van der Waals surface area contributed by atoms with Gasteiger partial charge < -0.3 is 10.1 Å². The molecule has 1 fully saturated rings. The van der Waals surface area contributed by atoms with E-state index in [1.165, 1.54) is 32.1 Å². The third kappa shape index (κ3) is 4.17. The molecule has 100 valence electrons. The Morgan fingerprint density at radius 2 is 2.06 bits per heavy atom. The van der Waals surface area contributed by atoms with Gasteiger partial charge >= 0.3 is 0 Å². The number of rotatable bonds is 5. The molecule has 4 nitrogen and oxygen atoms in total. The maximum absolute atomic E-state index is 5.61. The van der Waals surface area contributed by atoms with Gasteiger partial charge in [-0.3, -0.25) is 0 Å². The lowest BCUT2D eigenvalue weighted by atomic mass is 9.95. The van der Waals surface area contributed by atoms with Crippen molar-refractivity contribution in [2.24, 2.45) is 5.92 Å². The Kier molecular flexibility index (Phi) is 4.79. The predicted molar refractivity (Wildman–Crippen MR) is 72.9 cm³/mol. The van der Waals surface area contributed by atoms with Crippen LogP contribution in [0.3, 0.4) is 0 Å². The molecular weight excluding hydrogens is 226 g/mol. The van der Waals surface area contributed by atoms with Crippen LogP contribution in [0.1, 0.15) is 46.0 Å². The van der Waals surface area contributed by atoms with E-state index < -0.39 is 0 Å². The smallest absolute Gasteiger partial charge is 0.218 e. The van der Waals surface area contributed by atoms with Gasteiger partial charge in [0, 0.05) is 12.1 Å². The standard InChI is InChI=1S/C14H23N3O/c1-11(2)9-18-14-8-13(15-10-16-14)17-12-6-4-3-5-7-12/h8,10-12H,3-7,9H2,1-2H3,(H,15,16,17). The fraction of sp³-hybridized carbons (Fsp3) is 0.714. The molecule has 0 amide bonds. The molecule has 1 aliphatic rings. The number of hydrogen-bond acceptors (Lipinski definition) is 4. The average Bonchev–Trinajstić information content (AvgIpc) is 2.38. The number of ether oxygens (including phenoxy) is 1. The molecule has 0 atom stereocenters. The molecular formula is C14H23N3O. The highest BCUT2D eigenvalue weighted by Gasteiger charge is 2.13. The summed E-state index contributed by atoms with van der Waals surface area (Å²) in [7, 11) is 0. The van der Waals surface area contributed by atoms with Crippen molar-refractivity contribution in [3.63, 3.8) is 0 Å². The van der Waals surface area contributed by atoms with E-state index >= 15 is 0 Å². The van der Waals surface area contributed by atoms with E-state index in [0.29, 0.717) is 24.4 Å². The van der Waals surface area contributed by atoms with Crippen molar-refractivity contribution in [2.45, 2.75) is 52.0 Å². The Balaban J connectivity index is 1.89. The number of anilines is 1. The van der Waals surface area contributed by atoms with Crippen molar-refractivity contribution in [2.75, 3.05) is 11.9 Å². The molecule has 4 heteroatoms. The monoisotopic (exact) mass is 249 g/mol. The van der Waals surface area contributed by atoms with Gasteiger partial charge in [-0.05, 0) is 18.8 Å². The minimum atomic E-state index is 0.509. The van der Waals surface area contributed by atoms with Crippen molar-refractivity contribution >= 4 is 5.82 Å². The first kappa shape index (κ1) is 13.1. The number of aromatic nitrogens is 2. The minimum Gasteiger partial charge on any atom is -0.477 e. The molecule has 0 spiro atoms. The van der Waals surface area contributed by atoms with Gasteiger partial charge in [-0.2, -0.15) is 0 Å². The second-order valence-corrected chi connectivity index (χ2v) is 5.43. The van der Waals surface area contributed by atoms with E-state index in [1.807, 2.05) is 6.07 Å². The third-order valence-electron chi connectivity index (χ3n) is 3.16. The van der Waals surface area contributed by atoms with Crippen molar-refractivity contribution in [3.8, 4) is 5.88 Å². The summed E-state index contributed by atoms with van der Waals surface area (Å²) in [5.74, 6) is 2.06. The second-order valence-electron chi connectivity index (χ2n) is 5.43. The summed E-state index contributed by atoms with van der Waals surface area (Å²) in [6.07, 6.45) is 8.06. The van der Waals surface area contributed by atoms with Crippen molar-refractivity contribution in [1.29, 1.82) is 0 Å². The first-order valence-corrected chi connectivity index (χ1v) is 6.95. The summed E-state index contributed by atoms with van der Waals surface area (Å²) >= 11 is 0. The molecule has 1 saturated carbocycles. The van der Waals surface area contributed by atoms with Crippen LogP contribution < -0.4 is 10.1 Å². The highest BCUT2D eigenvalue weighted by Crippen LogP contribution is 2.21. The second kappa shape index (κ2) is 6.57. The Morgan fingerprint density at radius 1 is 1.28 bits per heavy atom. The van der Waals surface area contributed by atoms with E-state index in [0.717, 1.165) is 5.82 Å². The lowest BCUT2D eigenvalue weighted by molar-refractivity contribution is 0.261. The van der Waals surface area contributed by atoms with E-state index in [-0.39, 0.29) is 0 Å². The zero-order valence-corrected chi connectivity index (χ0v) is 11.4. The van der Waals surface area contributed by atoms with Crippen LogP contribution >= 0.6 is 0 Å².